The first-order valence-electron chi connectivity index (χ1n) is 10.5. The fourth-order valence-corrected chi connectivity index (χ4v) is 4.59. The predicted octanol–water partition coefficient (Wildman–Crippen LogP) is 5.08. The Morgan fingerprint density at radius 1 is 1.26 bits per heavy atom. The Morgan fingerprint density at radius 2 is 2.00 bits per heavy atom. The van der Waals surface area contributed by atoms with Crippen LogP contribution in [0.1, 0.15) is 84.0 Å². The average molecular weight is 388 g/mol. The molecule has 156 valence electrons. The Bertz CT molecular complexity index is 495. The maximum absolute atomic E-state index is 14.0. The van der Waals surface area contributed by atoms with Gasteiger partial charge in [0.05, 0.1) is 6.10 Å². The van der Waals surface area contributed by atoms with Crippen molar-refractivity contribution in [1.29, 1.82) is 0 Å². The Morgan fingerprint density at radius 3 is 2.70 bits per heavy atom. The molecule has 0 radical (unpaired) electrons. The Kier molecular flexibility index (Phi) is 8.64. The number of esters is 1. The summed E-state index contributed by atoms with van der Waals surface area (Å²) in [5.41, 5.74) is 0. The van der Waals surface area contributed by atoms with Gasteiger partial charge in [-0.05, 0) is 31.6 Å². The third-order valence-electron chi connectivity index (χ3n) is 6.18. The number of unbranched alkanes of at least 4 members (excludes halogenated alkanes) is 1. The van der Waals surface area contributed by atoms with E-state index in [1.807, 2.05) is 6.92 Å². The molecule has 0 unspecified atom stereocenters. The van der Waals surface area contributed by atoms with Crippen LogP contribution in [0.2, 0.25) is 0 Å². The van der Waals surface area contributed by atoms with Crippen molar-refractivity contribution in [3.05, 3.63) is 0 Å². The maximum Gasteiger partial charge on any atom is 0.306 e. The molecule has 1 heterocycles. The largest absolute Gasteiger partial charge is 0.462 e. The number of carbonyl (C=O) groups is 2. The van der Waals surface area contributed by atoms with E-state index in [1.54, 1.807) is 7.11 Å². The molecule has 2 fully saturated rings. The van der Waals surface area contributed by atoms with Crippen LogP contribution in [0, 0.1) is 11.8 Å². The second-order valence-corrected chi connectivity index (χ2v) is 8.09. The number of alkyl halides is 2. The van der Waals surface area contributed by atoms with Crippen molar-refractivity contribution in [1.82, 2.24) is 0 Å². The highest BCUT2D eigenvalue weighted by molar-refractivity contribution is 5.85. The van der Waals surface area contributed by atoms with E-state index in [-0.39, 0.29) is 42.9 Å². The van der Waals surface area contributed by atoms with Crippen LogP contribution >= 0.6 is 0 Å². The number of fused-ring (bicyclic) bond motifs is 1. The van der Waals surface area contributed by atoms with Gasteiger partial charge in [-0.2, -0.15) is 8.78 Å². The zero-order chi connectivity index (χ0) is 19.9. The average Bonchev–Trinajstić information content (AvgIpc) is 2.97. The van der Waals surface area contributed by atoms with Crippen LogP contribution in [0.3, 0.4) is 0 Å². The number of halogens is 2. The number of ketones is 1. The Hall–Kier alpha value is -1.04. The van der Waals surface area contributed by atoms with Gasteiger partial charge < -0.3 is 9.47 Å². The first-order valence-corrected chi connectivity index (χ1v) is 10.5. The molecule has 6 heteroatoms. The maximum atomic E-state index is 14.0. The molecule has 4 nitrogen and oxygen atoms in total. The van der Waals surface area contributed by atoms with E-state index in [0.717, 1.165) is 32.1 Å². The van der Waals surface area contributed by atoms with E-state index < -0.39 is 11.7 Å². The minimum Gasteiger partial charge on any atom is -0.462 e. The molecule has 1 saturated heterocycles. The van der Waals surface area contributed by atoms with Crippen LogP contribution in [-0.4, -0.2) is 37.0 Å². The van der Waals surface area contributed by atoms with Gasteiger partial charge in [-0.15, -0.1) is 0 Å². The van der Waals surface area contributed by atoms with Crippen molar-refractivity contribution in [2.45, 2.75) is 102 Å². The molecule has 2 rings (SSSR count). The van der Waals surface area contributed by atoms with E-state index in [4.69, 9.17) is 9.47 Å². The summed E-state index contributed by atoms with van der Waals surface area (Å²) in [4.78, 5) is 24.1. The van der Waals surface area contributed by atoms with Crippen LogP contribution in [0.25, 0.3) is 0 Å². The number of ether oxygens (including phenoxy) is 2. The van der Waals surface area contributed by atoms with Crippen molar-refractivity contribution in [3.63, 3.8) is 0 Å². The molecule has 0 N–H and O–H groups in total. The summed E-state index contributed by atoms with van der Waals surface area (Å²) in [5, 5.41) is 0. The van der Waals surface area contributed by atoms with Crippen LogP contribution in [-0.2, 0) is 19.1 Å². The number of Topliss-reactive ketones (excluding diaryl/α,β-unsaturated/α-hetero) is 1. The first-order chi connectivity index (χ1) is 12.9. The lowest BCUT2D eigenvalue weighted by atomic mass is 9.84. The summed E-state index contributed by atoms with van der Waals surface area (Å²) in [5.74, 6) is -4.30. The minimum absolute atomic E-state index is 0.0156. The van der Waals surface area contributed by atoms with Crippen molar-refractivity contribution < 1.29 is 27.8 Å². The number of hydrogen-bond donors (Lipinski definition) is 0. The fourth-order valence-electron chi connectivity index (χ4n) is 4.59. The van der Waals surface area contributed by atoms with Crippen LogP contribution in [0.5, 0.6) is 0 Å². The molecule has 1 aliphatic heterocycles. The standard InChI is InChI=1S/C21H34F2O4/c1-3-4-13-21(22,23)19(24)12-11-16-15-9-7-5-6-8-10-20(25)27-18(15)14-17(16)26-2/h15-18H,3-14H2,1-2H3/t15-,16-,17-,18+/m1/s1. The third kappa shape index (κ3) is 6.23. The van der Waals surface area contributed by atoms with Crippen molar-refractivity contribution in [3.8, 4) is 0 Å². The van der Waals surface area contributed by atoms with Crippen molar-refractivity contribution in [2.75, 3.05) is 7.11 Å². The highest BCUT2D eigenvalue weighted by Gasteiger charge is 2.46. The molecule has 2 aliphatic rings. The van der Waals surface area contributed by atoms with Gasteiger partial charge in [0.15, 0.2) is 0 Å². The highest BCUT2D eigenvalue weighted by Crippen LogP contribution is 2.43. The lowest BCUT2D eigenvalue weighted by Gasteiger charge is -2.27. The zero-order valence-corrected chi connectivity index (χ0v) is 16.7. The summed E-state index contributed by atoms with van der Waals surface area (Å²) < 4.78 is 39.3. The molecule has 0 spiro atoms. The first kappa shape index (κ1) is 22.3. The molecule has 4 atom stereocenters. The van der Waals surface area contributed by atoms with E-state index in [0.29, 0.717) is 32.1 Å². The van der Waals surface area contributed by atoms with Crippen LogP contribution in [0.15, 0.2) is 0 Å². The third-order valence-corrected chi connectivity index (χ3v) is 6.18. The molecule has 1 aliphatic carbocycles. The Balaban J connectivity index is 2.02. The van der Waals surface area contributed by atoms with Crippen molar-refractivity contribution in [2.24, 2.45) is 11.8 Å². The zero-order valence-electron chi connectivity index (χ0n) is 16.7. The van der Waals surface area contributed by atoms with Gasteiger partial charge in [0.2, 0.25) is 5.78 Å². The predicted molar refractivity (Wildman–Crippen MR) is 98.7 cm³/mol. The van der Waals surface area contributed by atoms with Crippen LogP contribution in [0.4, 0.5) is 8.78 Å². The van der Waals surface area contributed by atoms with Gasteiger partial charge in [0, 0.05) is 38.7 Å². The van der Waals surface area contributed by atoms with Crippen molar-refractivity contribution >= 4 is 11.8 Å². The number of carbonyl (C=O) groups excluding carboxylic acids is 2. The molecular weight excluding hydrogens is 354 g/mol. The molecule has 27 heavy (non-hydrogen) atoms. The number of rotatable bonds is 8. The van der Waals surface area contributed by atoms with Gasteiger partial charge >= 0.3 is 11.9 Å². The summed E-state index contributed by atoms with van der Waals surface area (Å²) in [6.07, 6.45) is 6.38. The quantitative estimate of drug-likeness (QED) is 0.544. The fraction of sp³-hybridized carbons (Fsp3) is 0.905. The van der Waals surface area contributed by atoms with E-state index >= 15 is 0 Å². The van der Waals surface area contributed by atoms with E-state index in [1.165, 1.54) is 0 Å². The smallest absolute Gasteiger partial charge is 0.306 e. The minimum atomic E-state index is -3.24. The summed E-state index contributed by atoms with van der Waals surface area (Å²) in [6, 6.07) is 0. The highest BCUT2D eigenvalue weighted by atomic mass is 19.3. The SMILES string of the molecule is CCCCC(F)(F)C(=O)CC[C@@H]1[C@H]2CCCCCCC(=O)O[C@H]2C[C@H]1OC. The number of methoxy groups -OCH3 is 1. The topological polar surface area (TPSA) is 52.6 Å². The summed E-state index contributed by atoms with van der Waals surface area (Å²) >= 11 is 0. The number of hydrogen-bond acceptors (Lipinski definition) is 4. The lowest BCUT2D eigenvalue weighted by Crippen LogP contribution is -2.31. The second-order valence-electron chi connectivity index (χ2n) is 8.09. The van der Waals surface area contributed by atoms with Gasteiger partial charge in [0.25, 0.3) is 0 Å². The molecule has 0 amide bonds. The van der Waals surface area contributed by atoms with E-state index in [2.05, 4.69) is 0 Å². The molecule has 0 bridgehead atoms. The van der Waals surface area contributed by atoms with Gasteiger partial charge in [-0.25, -0.2) is 0 Å². The van der Waals surface area contributed by atoms with Gasteiger partial charge in [-0.1, -0.05) is 32.6 Å². The molecule has 0 aromatic heterocycles. The summed E-state index contributed by atoms with van der Waals surface area (Å²) in [7, 11) is 1.61. The lowest BCUT2D eigenvalue weighted by molar-refractivity contribution is -0.152. The molecule has 0 aromatic carbocycles. The van der Waals surface area contributed by atoms with Gasteiger partial charge in [-0.3, -0.25) is 9.59 Å². The normalized spacial score (nSPS) is 29.9. The molecule has 0 aromatic rings. The molecule has 1 saturated carbocycles. The van der Waals surface area contributed by atoms with E-state index in [9.17, 15) is 18.4 Å². The van der Waals surface area contributed by atoms with Gasteiger partial charge in [0.1, 0.15) is 6.10 Å². The van der Waals surface area contributed by atoms with Crippen LogP contribution < -0.4 is 0 Å². The Labute approximate surface area is 161 Å². The second kappa shape index (κ2) is 10.5. The molecular formula is C21H34F2O4. The summed E-state index contributed by atoms with van der Waals surface area (Å²) in [6.45, 7) is 1.84. The monoisotopic (exact) mass is 388 g/mol.